The lowest BCUT2D eigenvalue weighted by Gasteiger charge is -2.03. The molecule has 0 spiro atoms. The Morgan fingerprint density at radius 3 is 1.62 bits per heavy atom. The molecule has 0 aromatic rings. The van der Waals surface area contributed by atoms with Crippen molar-refractivity contribution in [2.45, 2.75) is 13.8 Å². The highest BCUT2D eigenvalue weighted by Crippen LogP contribution is 2.19. The van der Waals surface area contributed by atoms with E-state index in [2.05, 4.69) is 25.8 Å². The van der Waals surface area contributed by atoms with Gasteiger partial charge in [-0.05, 0) is 18.9 Å². The van der Waals surface area contributed by atoms with E-state index in [1.807, 2.05) is 0 Å². The molecule has 1 aliphatic heterocycles. The van der Waals surface area contributed by atoms with Crippen molar-refractivity contribution in [1.82, 2.24) is 4.90 Å². The van der Waals surface area contributed by atoms with Crippen LogP contribution in [0.2, 0.25) is 0 Å². The highest BCUT2D eigenvalue weighted by atomic mass is 15.1. The van der Waals surface area contributed by atoms with Crippen LogP contribution >= 0.6 is 0 Å². The third-order valence-corrected chi connectivity index (χ3v) is 2.17. The van der Waals surface area contributed by atoms with Crippen molar-refractivity contribution in [2.24, 2.45) is 11.8 Å². The Morgan fingerprint density at radius 1 is 1.12 bits per heavy atom. The van der Waals surface area contributed by atoms with Gasteiger partial charge in [0.2, 0.25) is 0 Å². The molecule has 1 fully saturated rings. The van der Waals surface area contributed by atoms with E-state index in [1.54, 1.807) is 0 Å². The minimum Gasteiger partial charge on any atom is -0.306 e. The Hall–Kier alpha value is -0.0400. The molecule has 0 N–H and O–H groups in total. The maximum atomic E-state index is 2.40. The number of hydrogen-bond donors (Lipinski definition) is 0. The van der Waals surface area contributed by atoms with Gasteiger partial charge in [0.15, 0.2) is 0 Å². The average molecular weight is 113 g/mol. The van der Waals surface area contributed by atoms with Gasteiger partial charge in [0.25, 0.3) is 0 Å². The second-order valence-corrected chi connectivity index (χ2v) is 3.18. The first-order valence-corrected chi connectivity index (χ1v) is 3.38. The van der Waals surface area contributed by atoms with Crippen molar-refractivity contribution in [3.05, 3.63) is 0 Å². The lowest BCUT2D eigenvalue weighted by atomic mass is 10.0. The molecule has 2 unspecified atom stereocenters. The Morgan fingerprint density at radius 2 is 1.50 bits per heavy atom. The van der Waals surface area contributed by atoms with E-state index in [1.165, 1.54) is 13.1 Å². The van der Waals surface area contributed by atoms with Crippen LogP contribution in [0.4, 0.5) is 0 Å². The molecule has 1 heteroatoms. The lowest BCUT2D eigenvalue weighted by molar-refractivity contribution is 0.398. The quantitative estimate of drug-likeness (QED) is 0.456. The van der Waals surface area contributed by atoms with Crippen molar-refractivity contribution in [3.63, 3.8) is 0 Å². The SMILES string of the molecule is CC1CN(C)CC1C. The van der Waals surface area contributed by atoms with Gasteiger partial charge >= 0.3 is 0 Å². The van der Waals surface area contributed by atoms with Crippen molar-refractivity contribution < 1.29 is 0 Å². The summed E-state index contributed by atoms with van der Waals surface area (Å²) in [5.74, 6) is 1.83. The summed E-state index contributed by atoms with van der Waals surface area (Å²) >= 11 is 0. The van der Waals surface area contributed by atoms with E-state index in [4.69, 9.17) is 0 Å². The van der Waals surface area contributed by atoms with Crippen LogP contribution in [0.1, 0.15) is 13.8 Å². The van der Waals surface area contributed by atoms with Crippen molar-refractivity contribution >= 4 is 0 Å². The molecule has 0 bridgehead atoms. The van der Waals surface area contributed by atoms with Crippen LogP contribution in [0.25, 0.3) is 0 Å². The van der Waals surface area contributed by atoms with Gasteiger partial charge < -0.3 is 4.90 Å². The largest absolute Gasteiger partial charge is 0.306 e. The minimum atomic E-state index is 0.917. The van der Waals surface area contributed by atoms with Crippen molar-refractivity contribution in [2.75, 3.05) is 20.1 Å². The van der Waals surface area contributed by atoms with Crippen LogP contribution in [0.5, 0.6) is 0 Å². The monoisotopic (exact) mass is 113 g/mol. The summed E-state index contributed by atoms with van der Waals surface area (Å²) in [6.45, 7) is 7.24. The van der Waals surface area contributed by atoms with E-state index in [9.17, 15) is 0 Å². The Kier molecular flexibility index (Phi) is 1.57. The third kappa shape index (κ3) is 1.03. The molecule has 0 amide bonds. The summed E-state index contributed by atoms with van der Waals surface area (Å²) in [6, 6.07) is 0. The first kappa shape index (κ1) is 6.09. The zero-order valence-electron chi connectivity index (χ0n) is 6.02. The molecule has 1 rings (SSSR count). The fraction of sp³-hybridized carbons (Fsp3) is 1.00. The molecule has 0 aliphatic carbocycles. The van der Waals surface area contributed by atoms with E-state index in [0.717, 1.165) is 11.8 Å². The number of likely N-dealkylation sites (tertiary alicyclic amines) is 1. The lowest BCUT2D eigenvalue weighted by Crippen LogP contribution is -2.13. The molecule has 1 heterocycles. The maximum absolute atomic E-state index is 2.40. The number of nitrogens with zero attached hydrogens (tertiary/aromatic N) is 1. The second-order valence-electron chi connectivity index (χ2n) is 3.18. The number of rotatable bonds is 0. The maximum Gasteiger partial charge on any atom is 0.000711 e. The standard InChI is InChI=1S/C7H15N/c1-6-4-8(3)5-7(6)2/h6-7H,4-5H2,1-3H3. The predicted molar refractivity (Wildman–Crippen MR) is 35.8 cm³/mol. The van der Waals surface area contributed by atoms with Gasteiger partial charge in [-0.1, -0.05) is 13.8 Å². The van der Waals surface area contributed by atoms with E-state index < -0.39 is 0 Å². The molecular weight excluding hydrogens is 98.1 g/mol. The molecule has 0 radical (unpaired) electrons. The van der Waals surface area contributed by atoms with Crippen LogP contribution in [-0.4, -0.2) is 25.0 Å². The van der Waals surface area contributed by atoms with Gasteiger partial charge in [0.1, 0.15) is 0 Å². The molecule has 2 atom stereocenters. The molecule has 0 aromatic carbocycles. The Bertz CT molecular complexity index is 70.5. The highest BCUT2D eigenvalue weighted by Gasteiger charge is 2.22. The molecule has 0 saturated carbocycles. The van der Waals surface area contributed by atoms with Gasteiger partial charge in [0, 0.05) is 13.1 Å². The zero-order valence-corrected chi connectivity index (χ0v) is 6.02. The number of hydrogen-bond acceptors (Lipinski definition) is 1. The van der Waals surface area contributed by atoms with E-state index in [-0.39, 0.29) is 0 Å². The molecular formula is C7H15N. The van der Waals surface area contributed by atoms with Crippen LogP contribution in [0, 0.1) is 11.8 Å². The molecule has 8 heavy (non-hydrogen) atoms. The summed E-state index contributed by atoms with van der Waals surface area (Å²) in [5.41, 5.74) is 0. The van der Waals surface area contributed by atoms with Crippen LogP contribution < -0.4 is 0 Å². The molecule has 1 aliphatic rings. The normalized spacial score (nSPS) is 40.9. The highest BCUT2D eigenvalue weighted by molar-refractivity contribution is 4.75. The summed E-state index contributed by atoms with van der Waals surface area (Å²) in [7, 11) is 2.19. The first-order chi connectivity index (χ1) is 3.70. The average Bonchev–Trinajstić information content (AvgIpc) is 1.85. The fourth-order valence-electron chi connectivity index (χ4n) is 1.42. The summed E-state index contributed by atoms with van der Waals surface area (Å²) in [4.78, 5) is 2.40. The third-order valence-electron chi connectivity index (χ3n) is 2.17. The summed E-state index contributed by atoms with van der Waals surface area (Å²) < 4.78 is 0. The van der Waals surface area contributed by atoms with Crippen molar-refractivity contribution in [3.8, 4) is 0 Å². The van der Waals surface area contributed by atoms with E-state index >= 15 is 0 Å². The van der Waals surface area contributed by atoms with Crippen LogP contribution in [0.15, 0.2) is 0 Å². The minimum absolute atomic E-state index is 0.917. The summed E-state index contributed by atoms with van der Waals surface area (Å²) in [6.07, 6.45) is 0. The van der Waals surface area contributed by atoms with Crippen LogP contribution in [-0.2, 0) is 0 Å². The van der Waals surface area contributed by atoms with Gasteiger partial charge in [-0.25, -0.2) is 0 Å². The molecule has 48 valence electrons. The predicted octanol–water partition coefficient (Wildman–Crippen LogP) is 1.20. The molecule has 1 saturated heterocycles. The summed E-state index contributed by atoms with van der Waals surface area (Å²) in [5, 5.41) is 0. The Balaban J connectivity index is 2.39. The van der Waals surface area contributed by atoms with Gasteiger partial charge in [-0.3, -0.25) is 0 Å². The van der Waals surface area contributed by atoms with E-state index in [0.29, 0.717) is 0 Å². The smallest absolute Gasteiger partial charge is 0.000711 e. The zero-order chi connectivity index (χ0) is 6.15. The topological polar surface area (TPSA) is 3.24 Å². The van der Waals surface area contributed by atoms with Crippen molar-refractivity contribution in [1.29, 1.82) is 0 Å². The second kappa shape index (κ2) is 2.06. The first-order valence-electron chi connectivity index (χ1n) is 3.38. The molecule has 0 aromatic heterocycles. The van der Waals surface area contributed by atoms with Gasteiger partial charge in [0.05, 0.1) is 0 Å². The Labute approximate surface area is 51.7 Å². The fourth-order valence-corrected chi connectivity index (χ4v) is 1.42. The molecule has 1 nitrogen and oxygen atoms in total. The van der Waals surface area contributed by atoms with Gasteiger partial charge in [-0.2, -0.15) is 0 Å². The van der Waals surface area contributed by atoms with Crippen LogP contribution in [0.3, 0.4) is 0 Å². The van der Waals surface area contributed by atoms with Gasteiger partial charge in [-0.15, -0.1) is 0 Å².